The van der Waals surface area contributed by atoms with E-state index >= 15 is 0 Å². The van der Waals surface area contributed by atoms with Crippen LogP contribution in [0, 0.1) is 17.3 Å². The summed E-state index contributed by atoms with van der Waals surface area (Å²) >= 11 is 0. The van der Waals surface area contributed by atoms with E-state index in [0.29, 0.717) is 6.61 Å². The number of hydrogen-bond donors (Lipinski definition) is 1. The van der Waals surface area contributed by atoms with Crippen LogP contribution in [0.15, 0.2) is 0 Å². The standard InChI is InChI=1S/C14H29NO/c1-5-14(6-2,11-16)10-15-8-12(3)7-13(4)9-15/h12-13,16H,5-11H2,1-4H3. The van der Waals surface area contributed by atoms with Crippen molar-refractivity contribution in [3.63, 3.8) is 0 Å². The zero-order chi connectivity index (χ0) is 12.2. The molecule has 1 N–H and O–H groups in total. The first kappa shape index (κ1) is 14.0. The molecule has 1 heterocycles. The van der Waals surface area contributed by atoms with Gasteiger partial charge in [-0.05, 0) is 31.1 Å². The average Bonchev–Trinajstić information content (AvgIpc) is 2.25. The monoisotopic (exact) mass is 227 g/mol. The molecule has 96 valence electrons. The largest absolute Gasteiger partial charge is 0.396 e. The SMILES string of the molecule is CCC(CC)(CO)CN1CC(C)CC(C)C1. The molecule has 1 aliphatic rings. The number of likely N-dealkylation sites (tertiary alicyclic amines) is 1. The summed E-state index contributed by atoms with van der Waals surface area (Å²) in [5.74, 6) is 1.63. The van der Waals surface area contributed by atoms with Crippen LogP contribution in [-0.4, -0.2) is 36.2 Å². The van der Waals surface area contributed by atoms with E-state index in [-0.39, 0.29) is 5.41 Å². The molecular weight excluding hydrogens is 198 g/mol. The van der Waals surface area contributed by atoms with E-state index in [4.69, 9.17) is 0 Å². The molecule has 0 saturated carbocycles. The molecule has 0 aromatic rings. The van der Waals surface area contributed by atoms with E-state index in [1.54, 1.807) is 0 Å². The maximum atomic E-state index is 9.61. The lowest BCUT2D eigenvalue weighted by Crippen LogP contribution is -2.46. The van der Waals surface area contributed by atoms with Crippen LogP contribution in [0.25, 0.3) is 0 Å². The highest BCUT2D eigenvalue weighted by atomic mass is 16.3. The van der Waals surface area contributed by atoms with E-state index in [9.17, 15) is 5.11 Å². The lowest BCUT2D eigenvalue weighted by molar-refractivity contribution is 0.0367. The molecule has 0 bridgehead atoms. The minimum atomic E-state index is 0.136. The van der Waals surface area contributed by atoms with Gasteiger partial charge in [-0.1, -0.05) is 27.7 Å². The van der Waals surface area contributed by atoms with Gasteiger partial charge in [0.1, 0.15) is 0 Å². The lowest BCUT2D eigenvalue weighted by Gasteiger charge is -2.41. The van der Waals surface area contributed by atoms with E-state index in [2.05, 4.69) is 32.6 Å². The van der Waals surface area contributed by atoms with Gasteiger partial charge in [-0.3, -0.25) is 0 Å². The van der Waals surface area contributed by atoms with Crippen LogP contribution >= 0.6 is 0 Å². The van der Waals surface area contributed by atoms with E-state index in [1.165, 1.54) is 19.5 Å². The fourth-order valence-electron chi connectivity index (χ4n) is 3.14. The molecule has 16 heavy (non-hydrogen) atoms. The summed E-state index contributed by atoms with van der Waals surface area (Å²) in [6, 6.07) is 0. The van der Waals surface area contributed by atoms with Crippen molar-refractivity contribution in [2.45, 2.75) is 47.0 Å². The third-order valence-corrected chi connectivity index (χ3v) is 4.34. The van der Waals surface area contributed by atoms with Crippen molar-refractivity contribution in [1.29, 1.82) is 0 Å². The van der Waals surface area contributed by atoms with Gasteiger partial charge in [-0.25, -0.2) is 0 Å². The molecule has 0 aromatic carbocycles. The third-order valence-electron chi connectivity index (χ3n) is 4.34. The van der Waals surface area contributed by atoms with Crippen molar-refractivity contribution in [2.24, 2.45) is 17.3 Å². The molecule has 0 amide bonds. The van der Waals surface area contributed by atoms with Gasteiger partial charge in [0.2, 0.25) is 0 Å². The maximum Gasteiger partial charge on any atom is 0.0499 e. The Balaban J connectivity index is 2.57. The first-order valence-corrected chi connectivity index (χ1v) is 6.88. The molecule has 1 saturated heterocycles. The first-order chi connectivity index (χ1) is 7.55. The predicted octanol–water partition coefficient (Wildman–Crippen LogP) is 2.76. The van der Waals surface area contributed by atoms with Gasteiger partial charge >= 0.3 is 0 Å². The van der Waals surface area contributed by atoms with Crippen molar-refractivity contribution in [3.8, 4) is 0 Å². The van der Waals surface area contributed by atoms with Crippen LogP contribution in [0.3, 0.4) is 0 Å². The van der Waals surface area contributed by atoms with Crippen molar-refractivity contribution in [1.82, 2.24) is 4.90 Å². The maximum absolute atomic E-state index is 9.61. The average molecular weight is 227 g/mol. The van der Waals surface area contributed by atoms with E-state index < -0.39 is 0 Å². The number of aliphatic hydroxyl groups excluding tert-OH is 1. The van der Waals surface area contributed by atoms with Crippen LogP contribution in [0.2, 0.25) is 0 Å². The molecule has 1 fully saturated rings. The quantitative estimate of drug-likeness (QED) is 0.780. The molecule has 0 aliphatic carbocycles. The topological polar surface area (TPSA) is 23.5 Å². The minimum absolute atomic E-state index is 0.136. The normalized spacial score (nSPS) is 28.3. The predicted molar refractivity (Wildman–Crippen MR) is 69.5 cm³/mol. The second-order valence-corrected chi connectivity index (χ2v) is 6.01. The zero-order valence-corrected chi connectivity index (χ0v) is 11.5. The summed E-state index contributed by atoms with van der Waals surface area (Å²) in [6.07, 6.45) is 3.53. The van der Waals surface area contributed by atoms with Gasteiger partial charge in [-0.15, -0.1) is 0 Å². The highest BCUT2D eigenvalue weighted by Crippen LogP contribution is 2.30. The molecule has 2 atom stereocenters. The molecule has 0 radical (unpaired) electrons. The van der Waals surface area contributed by atoms with Gasteiger partial charge < -0.3 is 10.0 Å². The Morgan fingerprint density at radius 1 is 1.12 bits per heavy atom. The fraction of sp³-hybridized carbons (Fsp3) is 1.00. The molecule has 0 aromatic heterocycles. The molecule has 1 rings (SSSR count). The zero-order valence-electron chi connectivity index (χ0n) is 11.5. The molecule has 2 nitrogen and oxygen atoms in total. The Kier molecular flexibility index (Phi) is 5.26. The number of rotatable bonds is 5. The second kappa shape index (κ2) is 6.02. The van der Waals surface area contributed by atoms with Crippen LogP contribution < -0.4 is 0 Å². The number of hydrogen-bond acceptors (Lipinski definition) is 2. The van der Waals surface area contributed by atoms with Gasteiger partial charge in [0, 0.05) is 31.7 Å². The second-order valence-electron chi connectivity index (χ2n) is 6.01. The Labute approximate surface area is 101 Å². The summed E-state index contributed by atoms with van der Waals surface area (Å²) in [5, 5.41) is 9.61. The van der Waals surface area contributed by atoms with Gasteiger partial charge in [0.15, 0.2) is 0 Å². The molecule has 2 heteroatoms. The minimum Gasteiger partial charge on any atom is -0.396 e. The summed E-state index contributed by atoms with van der Waals surface area (Å²) in [4.78, 5) is 2.57. The third kappa shape index (κ3) is 3.46. The highest BCUT2D eigenvalue weighted by Gasteiger charge is 2.31. The van der Waals surface area contributed by atoms with Crippen LogP contribution in [-0.2, 0) is 0 Å². The summed E-state index contributed by atoms with van der Waals surface area (Å²) < 4.78 is 0. The number of aliphatic hydroxyl groups is 1. The molecule has 2 unspecified atom stereocenters. The number of nitrogens with zero attached hydrogens (tertiary/aromatic N) is 1. The summed E-state index contributed by atoms with van der Waals surface area (Å²) in [6.45, 7) is 12.9. The van der Waals surface area contributed by atoms with Gasteiger partial charge in [-0.2, -0.15) is 0 Å². The van der Waals surface area contributed by atoms with Crippen molar-refractivity contribution in [2.75, 3.05) is 26.2 Å². The Morgan fingerprint density at radius 3 is 2.00 bits per heavy atom. The van der Waals surface area contributed by atoms with Crippen molar-refractivity contribution < 1.29 is 5.11 Å². The van der Waals surface area contributed by atoms with Crippen LogP contribution in [0.1, 0.15) is 47.0 Å². The molecular formula is C14H29NO. The molecule has 0 spiro atoms. The summed E-state index contributed by atoms with van der Waals surface area (Å²) in [7, 11) is 0. The Bertz CT molecular complexity index is 183. The van der Waals surface area contributed by atoms with Crippen molar-refractivity contribution in [3.05, 3.63) is 0 Å². The number of piperidine rings is 1. The van der Waals surface area contributed by atoms with Gasteiger partial charge in [0.25, 0.3) is 0 Å². The highest BCUT2D eigenvalue weighted by molar-refractivity contribution is 4.83. The van der Waals surface area contributed by atoms with E-state index in [1.807, 2.05) is 0 Å². The van der Waals surface area contributed by atoms with E-state index in [0.717, 1.165) is 31.2 Å². The van der Waals surface area contributed by atoms with Crippen LogP contribution in [0.4, 0.5) is 0 Å². The lowest BCUT2D eigenvalue weighted by atomic mass is 9.81. The van der Waals surface area contributed by atoms with Crippen molar-refractivity contribution >= 4 is 0 Å². The molecule has 1 aliphatic heterocycles. The summed E-state index contributed by atoms with van der Waals surface area (Å²) in [5.41, 5.74) is 0.136. The smallest absolute Gasteiger partial charge is 0.0499 e. The Morgan fingerprint density at radius 2 is 1.62 bits per heavy atom. The Hall–Kier alpha value is -0.0800. The van der Waals surface area contributed by atoms with Crippen LogP contribution in [0.5, 0.6) is 0 Å². The first-order valence-electron chi connectivity index (χ1n) is 6.88. The van der Waals surface area contributed by atoms with Gasteiger partial charge in [0.05, 0.1) is 0 Å². The fourth-order valence-corrected chi connectivity index (χ4v) is 3.14.